The Morgan fingerprint density at radius 3 is 3.09 bits per heavy atom. The van der Waals surface area contributed by atoms with Crippen molar-refractivity contribution in [1.29, 1.82) is 0 Å². The van der Waals surface area contributed by atoms with Gasteiger partial charge in [-0.3, -0.25) is 0 Å². The summed E-state index contributed by atoms with van der Waals surface area (Å²) in [7, 11) is 0. The third-order valence-electron chi connectivity index (χ3n) is 2.04. The van der Waals surface area contributed by atoms with Gasteiger partial charge in [0.15, 0.2) is 0 Å². The third-order valence-corrected chi connectivity index (χ3v) is 2.04. The number of tetrazole rings is 1. The molecule has 0 amide bonds. The van der Waals surface area contributed by atoms with Crippen LogP contribution in [0.2, 0.25) is 0 Å². The van der Waals surface area contributed by atoms with Gasteiger partial charge in [-0.05, 0) is 19.8 Å². The van der Waals surface area contributed by atoms with Crippen LogP contribution in [0.3, 0.4) is 0 Å². The average molecular weight is 154 g/mol. The number of hydrogen-bond donors (Lipinski definition) is 1. The third kappa shape index (κ3) is 1.01. The van der Waals surface area contributed by atoms with Gasteiger partial charge in [-0.15, -0.1) is 10.2 Å². The summed E-state index contributed by atoms with van der Waals surface area (Å²) in [5, 5.41) is 13.7. The highest BCUT2D eigenvalue weighted by molar-refractivity contribution is 4.97. The van der Waals surface area contributed by atoms with E-state index < -0.39 is 0 Å². The minimum absolute atomic E-state index is 0.299. The first-order chi connectivity index (χ1) is 5.31. The molecule has 1 atom stereocenters. The number of rotatable bonds is 1. The van der Waals surface area contributed by atoms with Crippen LogP contribution in [0.1, 0.15) is 25.6 Å². The molecule has 1 saturated heterocycles. The lowest BCUT2D eigenvalue weighted by Crippen LogP contribution is -2.21. The van der Waals surface area contributed by atoms with Gasteiger partial charge in [0.1, 0.15) is 5.60 Å². The van der Waals surface area contributed by atoms with Gasteiger partial charge in [0, 0.05) is 6.61 Å². The van der Waals surface area contributed by atoms with Crippen LogP contribution in [0.5, 0.6) is 0 Å². The maximum atomic E-state index is 5.50. The van der Waals surface area contributed by atoms with E-state index in [-0.39, 0.29) is 5.60 Å². The summed E-state index contributed by atoms with van der Waals surface area (Å²) in [4.78, 5) is 0. The lowest BCUT2D eigenvalue weighted by Gasteiger charge is -2.17. The Balaban J connectivity index is 2.27. The largest absolute Gasteiger partial charge is 0.367 e. The summed E-state index contributed by atoms with van der Waals surface area (Å²) in [6.07, 6.45) is 2.05. The van der Waals surface area contributed by atoms with Crippen molar-refractivity contribution in [2.45, 2.75) is 25.4 Å². The zero-order chi connectivity index (χ0) is 7.73. The molecule has 1 unspecified atom stereocenters. The van der Waals surface area contributed by atoms with Gasteiger partial charge in [-0.2, -0.15) is 5.21 Å². The molecule has 1 fully saturated rings. The molecular formula is C6H10N4O. The monoisotopic (exact) mass is 154 g/mol. The lowest BCUT2D eigenvalue weighted by atomic mass is 10.0. The molecular weight excluding hydrogens is 144 g/mol. The number of nitrogens with zero attached hydrogens (tertiary/aromatic N) is 3. The summed E-state index contributed by atoms with van der Waals surface area (Å²) in [6, 6.07) is 0. The Hall–Kier alpha value is -0.970. The number of aromatic nitrogens is 4. The highest BCUT2D eigenvalue weighted by Crippen LogP contribution is 2.32. The Labute approximate surface area is 64.1 Å². The van der Waals surface area contributed by atoms with Crippen molar-refractivity contribution < 1.29 is 4.74 Å². The Kier molecular flexibility index (Phi) is 1.38. The zero-order valence-corrected chi connectivity index (χ0v) is 6.37. The van der Waals surface area contributed by atoms with E-state index >= 15 is 0 Å². The summed E-state index contributed by atoms with van der Waals surface area (Å²) >= 11 is 0. The fraction of sp³-hybridized carbons (Fsp3) is 0.833. The summed E-state index contributed by atoms with van der Waals surface area (Å²) < 4.78 is 5.50. The van der Waals surface area contributed by atoms with Crippen LogP contribution >= 0.6 is 0 Å². The number of aromatic amines is 1. The van der Waals surface area contributed by atoms with Crippen molar-refractivity contribution in [3.05, 3.63) is 5.82 Å². The molecule has 2 rings (SSSR count). The van der Waals surface area contributed by atoms with Crippen LogP contribution in [0.15, 0.2) is 0 Å². The Bertz CT molecular complexity index is 227. The minimum atomic E-state index is -0.299. The molecule has 1 aromatic rings. The molecule has 0 spiro atoms. The van der Waals surface area contributed by atoms with Crippen molar-refractivity contribution in [2.24, 2.45) is 0 Å². The highest BCUT2D eigenvalue weighted by atomic mass is 16.5. The SMILES string of the molecule is CC1(c2nn[nH]n2)CCCO1. The van der Waals surface area contributed by atoms with Gasteiger partial charge < -0.3 is 4.74 Å². The first kappa shape index (κ1) is 6.72. The van der Waals surface area contributed by atoms with E-state index in [9.17, 15) is 0 Å². The first-order valence-electron chi connectivity index (χ1n) is 3.69. The highest BCUT2D eigenvalue weighted by Gasteiger charge is 2.35. The Morgan fingerprint density at radius 2 is 2.55 bits per heavy atom. The van der Waals surface area contributed by atoms with E-state index in [4.69, 9.17) is 4.74 Å². The van der Waals surface area contributed by atoms with Crippen LogP contribution in [-0.2, 0) is 10.3 Å². The van der Waals surface area contributed by atoms with Gasteiger partial charge in [0.25, 0.3) is 0 Å². The van der Waals surface area contributed by atoms with E-state index in [0.29, 0.717) is 5.82 Å². The molecule has 1 aromatic heterocycles. The summed E-state index contributed by atoms with van der Waals surface area (Å²) in [5.41, 5.74) is -0.299. The predicted octanol–water partition coefficient (Wildman–Crippen LogP) is 0.225. The molecule has 0 bridgehead atoms. The Morgan fingerprint density at radius 1 is 1.64 bits per heavy atom. The van der Waals surface area contributed by atoms with Gasteiger partial charge >= 0.3 is 0 Å². The topological polar surface area (TPSA) is 63.7 Å². The summed E-state index contributed by atoms with van der Waals surface area (Å²) in [6.45, 7) is 2.79. The van der Waals surface area contributed by atoms with Crippen molar-refractivity contribution >= 4 is 0 Å². The van der Waals surface area contributed by atoms with Crippen LogP contribution in [0, 0.1) is 0 Å². The molecule has 0 radical (unpaired) electrons. The molecule has 5 nitrogen and oxygen atoms in total. The quantitative estimate of drug-likeness (QED) is 0.628. The van der Waals surface area contributed by atoms with Gasteiger partial charge in [-0.25, -0.2) is 0 Å². The molecule has 0 aromatic carbocycles. The van der Waals surface area contributed by atoms with Crippen LogP contribution < -0.4 is 0 Å². The fourth-order valence-corrected chi connectivity index (χ4v) is 1.34. The molecule has 5 heteroatoms. The smallest absolute Gasteiger partial charge is 0.205 e. The maximum Gasteiger partial charge on any atom is 0.205 e. The van der Waals surface area contributed by atoms with Gasteiger partial charge in [0.2, 0.25) is 5.82 Å². The second kappa shape index (κ2) is 2.27. The van der Waals surface area contributed by atoms with Crippen molar-refractivity contribution in [3.8, 4) is 0 Å². The zero-order valence-electron chi connectivity index (χ0n) is 6.37. The summed E-state index contributed by atoms with van der Waals surface area (Å²) in [5.74, 6) is 0.662. The predicted molar refractivity (Wildman–Crippen MR) is 36.7 cm³/mol. The molecule has 11 heavy (non-hydrogen) atoms. The van der Waals surface area contributed by atoms with Crippen LogP contribution in [-0.4, -0.2) is 27.2 Å². The van der Waals surface area contributed by atoms with Crippen molar-refractivity contribution in [3.63, 3.8) is 0 Å². The molecule has 0 aliphatic carbocycles. The van der Waals surface area contributed by atoms with E-state index in [1.54, 1.807) is 0 Å². The maximum absolute atomic E-state index is 5.50. The van der Waals surface area contributed by atoms with Crippen molar-refractivity contribution in [1.82, 2.24) is 20.6 Å². The lowest BCUT2D eigenvalue weighted by molar-refractivity contribution is 0.00938. The van der Waals surface area contributed by atoms with E-state index in [1.165, 1.54) is 0 Å². The van der Waals surface area contributed by atoms with Crippen molar-refractivity contribution in [2.75, 3.05) is 6.61 Å². The van der Waals surface area contributed by atoms with E-state index in [0.717, 1.165) is 19.4 Å². The standard InChI is InChI=1S/C6H10N4O/c1-6(3-2-4-11-6)5-7-9-10-8-5/h2-4H2,1H3,(H,7,8,9,10). The van der Waals surface area contributed by atoms with E-state index in [2.05, 4.69) is 20.6 Å². The molecule has 1 aliphatic heterocycles. The number of H-pyrrole nitrogens is 1. The minimum Gasteiger partial charge on any atom is -0.367 e. The number of nitrogens with one attached hydrogen (secondary N) is 1. The van der Waals surface area contributed by atoms with E-state index in [1.807, 2.05) is 6.92 Å². The molecule has 1 N–H and O–H groups in total. The fourth-order valence-electron chi connectivity index (χ4n) is 1.34. The molecule has 2 heterocycles. The molecule has 0 saturated carbocycles. The molecule has 1 aliphatic rings. The first-order valence-corrected chi connectivity index (χ1v) is 3.69. The number of hydrogen-bond acceptors (Lipinski definition) is 4. The van der Waals surface area contributed by atoms with Gasteiger partial charge in [-0.1, -0.05) is 5.21 Å². The molecule has 60 valence electrons. The average Bonchev–Trinajstić information content (AvgIpc) is 2.55. The van der Waals surface area contributed by atoms with Crippen LogP contribution in [0.4, 0.5) is 0 Å². The normalized spacial score (nSPS) is 31.0. The van der Waals surface area contributed by atoms with Gasteiger partial charge in [0.05, 0.1) is 0 Å². The number of ether oxygens (including phenoxy) is 1. The second-order valence-corrected chi connectivity index (χ2v) is 2.92. The second-order valence-electron chi connectivity index (χ2n) is 2.92. The van der Waals surface area contributed by atoms with Crippen LogP contribution in [0.25, 0.3) is 0 Å².